The third-order valence-electron chi connectivity index (χ3n) is 14.6. The molecule has 0 heterocycles. The molecular formula is C32H52O2. The highest BCUT2D eigenvalue weighted by molar-refractivity contribution is 5.76. The molecule has 0 aromatic rings. The molecular weight excluding hydrogens is 416 g/mol. The Balaban J connectivity index is 1.56. The number of fused-ring (bicyclic) bond motifs is 7. The van der Waals surface area contributed by atoms with Crippen LogP contribution in [0.15, 0.2) is 12.2 Å². The van der Waals surface area contributed by atoms with Gasteiger partial charge in [0.15, 0.2) is 0 Å². The number of carboxylic acid groups (broad SMARTS) is 1. The Morgan fingerprint density at radius 2 is 1.59 bits per heavy atom. The standard InChI is InChI=1S/C32H52O2/c1-9-28(5)21(4)12-15-29(6)24(28)14-16-31(8)25(29)11-10-23-26-22(20(2)3)13-17-32(26,27(33)34)19-18-30(23,31)7/h21-26H,2,9-19H2,1,3-8H3,(H,33,34)/t21-,22?,23?,24?,25?,26?,28+,29-,30+,31+,32-/m0/s1. The molecule has 5 saturated carbocycles. The maximum atomic E-state index is 12.8. The molecule has 5 unspecified atom stereocenters. The molecule has 192 valence electrons. The number of allylic oxidation sites excluding steroid dienone is 1. The molecule has 0 aliphatic heterocycles. The maximum absolute atomic E-state index is 12.8. The van der Waals surface area contributed by atoms with Crippen LogP contribution in [0.4, 0.5) is 0 Å². The van der Waals surface area contributed by atoms with Gasteiger partial charge in [-0.2, -0.15) is 0 Å². The quantitative estimate of drug-likeness (QED) is 0.420. The van der Waals surface area contributed by atoms with Crippen molar-refractivity contribution in [3.05, 3.63) is 12.2 Å². The van der Waals surface area contributed by atoms with Crippen LogP contribution in [0.5, 0.6) is 0 Å². The van der Waals surface area contributed by atoms with Gasteiger partial charge in [0.05, 0.1) is 5.41 Å². The molecule has 0 spiro atoms. The molecule has 5 rings (SSSR count). The van der Waals surface area contributed by atoms with Gasteiger partial charge in [0.1, 0.15) is 0 Å². The van der Waals surface area contributed by atoms with E-state index in [-0.39, 0.29) is 11.3 Å². The van der Waals surface area contributed by atoms with E-state index in [1.165, 1.54) is 50.5 Å². The zero-order valence-electron chi connectivity index (χ0n) is 23.3. The summed E-state index contributed by atoms with van der Waals surface area (Å²) in [7, 11) is 0. The smallest absolute Gasteiger partial charge is 0.309 e. The minimum atomic E-state index is -0.508. The third-order valence-corrected chi connectivity index (χ3v) is 14.6. The highest BCUT2D eigenvalue weighted by Crippen LogP contribution is 2.78. The van der Waals surface area contributed by atoms with Crippen LogP contribution in [-0.4, -0.2) is 11.1 Å². The zero-order valence-corrected chi connectivity index (χ0v) is 23.3. The first-order valence-corrected chi connectivity index (χ1v) is 14.7. The lowest BCUT2D eigenvalue weighted by atomic mass is 9.31. The summed E-state index contributed by atoms with van der Waals surface area (Å²) in [4.78, 5) is 12.8. The molecule has 2 heteroatoms. The van der Waals surface area contributed by atoms with Gasteiger partial charge in [-0.1, -0.05) is 60.1 Å². The molecule has 0 aromatic carbocycles. The van der Waals surface area contributed by atoms with Gasteiger partial charge >= 0.3 is 5.97 Å². The second kappa shape index (κ2) is 7.61. The summed E-state index contributed by atoms with van der Waals surface area (Å²) in [5.74, 6) is 3.15. The van der Waals surface area contributed by atoms with Crippen molar-refractivity contribution in [1.29, 1.82) is 0 Å². The van der Waals surface area contributed by atoms with Gasteiger partial charge in [0, 0.05) is 0 Å². The number of carbonyl (C=O) groups is 1. The van der Waals surface area contributed by atoms with Crippen molar-refractivity contribution < 1.29 is 9.90 Å². The lowest BCUT2D eigenvalue weighted by Gasteiger charge is -2.73. The van der Waals surface area contributed by atoms with Crippen LogP contribution < -0.4 is 0 Å². The molecule has 5 fully saturated rings. The summed E-state index contributed by atoms with van der Waals surface area (Å²) in [5, 5.41) is 10.5. The largest absolute Gasteiger partial charge is 0.481 e. The van der Waals surface area contributed by atoms with Crippen molar-refractivity contribution in [3.63, 3.8) is 0 Å². The lowest BCUT2D eigenvalue weighted by molar-refractivity contribution is -0.244. The van der Waals surface area contributed by atoms with Crippen LogP contribution in [0.3, 0.4) is 0 Å². The molecule has 0 saturated heterocycles. The summed E-state index contributed by atoms with van der Waals surface area (Å²) in [6.45, 7) is 22.1. The SMILES string of the molecule is C=C(C)C1CC[C@]2(C(=O)O)CC[C@]3(C)C(CCC4[C@@]5(C)CC[C@H](C)[C@@](C)(CC)C5CC[C@]43C)C12. The van der Waals surface area contributed by atoms with Gasteiger partial charge in [-0.15, -0.1) is 0 Å². The van der Waals surface area contributed by atoms with Crippen LogP contribution in [0.25, 0.3) is 0 Å². The van der Waals surface area contributed by atoms with Crippen molar-refractivity contribution in [1.82, 2.24) is 0 Å². The van der Waals surface area contributed by atoms with Crippen LogP contribution in [0.1, 0.15) is 119 Å². The van der Waals surface area contributed by atoms with Crippen LogP contribution in [0.2, 0.25) is 0 Å². The normalized spacial score (nSPS) is 56.6. The van der Waals surface area contributed by atoms with Gasteiger partial charge in [-0.25, -0.2) is 0 Å². The van der Waals surface area contributed by atoms with E-state index in [9.17, 15) is 9.90 Å². The van der Waals surface area contributed by atoms with Crippen LogP contribution in [-0.2, 0) is 4.79 Å². The first-order chi connectivity index (χ1) is 15.8. The number of aliphatic carboxylic acids is 1. The molecule has 0 amide bonds. The summed E-state index contributed by atoms with van der Waals surface area (Å²) in [6, 6.07) is 0. The predicted octanol–water partition coefficient (Wildman–Crippen LogP) is 8.75. The second-order valence-corrected chi connectivity index (χ2v) is 14.9. The van der Waals surface area contributed by atoms with E-state index in [0.29, 0.717) is 28.1 Å². The average Bonchev–Trinajstić information content (AvgIpc) is 3.18. The molecule has 0 radical (unpaired) electrons. The van der Waals surface area contributed by atoms with Crippen LogP contribution in [0, 0.1) is 62.6 Å². The molecule has 5 aliphatic rings. The Hall–Kier alpha value is -0.790. The molecule has 5 aliphatic carbocycles. The summed E-state index contributed by atoms with van der Waals surface area (Å²) in [6.07, 6.45) is 13.2. The number of rotatable bonds is 3. The molecule has 11 atom stereocenters. The van der Waals surface area contributed by atoms with E-state index in [4.69, 9.17) is 0 Å². The minimum Gasteiger partial charge on any atom is -0.481 e. The van der Waals surface area contributed by atoms with E-state index in [0.717, 1.165) is 43.4 Å². The fourth-order valence-corrected chi connectivity index (χ4v) is 12.1. The number of hydrogen-bond acceptors (Lipinski definition) is 1. The third kappa shape index (κ3) is 2.78. The fraction of sp³-hybridized carbons (Fsp3) is 0.906. The van der Waals surface area contributed by atoms with Crippen LogP contribution >= 0.6 is 0 Å². The van der Waals surface area contributed by atoms with E-state index in [1.54, 1.807) is 0 Å². The highest BCUT2D eigenvalue weighted by atomic mass is 16.4. The number of hydrogen-bond donors (Lipinski definition) is 1. The Bertz CT molecular complexity index is 876. The van der Waals surface area contributed by atoms with E-state index in [2.05, 4.69) is 55.0 Å². The zero-order chi connectivity index (χ0) is 24.9. The Morgan fingerprint density at radius 3 is 2.21 bits per heavy atom. The van der Waals surface area contributed by atoms with Gasteiger partial charge in [0.2, 0.25) is 0 Å². The Labute approximate surface area is 209 Å². The van der Waals surface area contributed by atoms with Gasteiger partial charge < -0.3 is 5.11 Å². The monoisotopic (exact) mass is 468 g/mol. The first kappa shape index (κ1) is 24.9. The fourth-order valence-electron chi connectivity index (χ4n) is 12.1. The molecule has 2 nitrogen and oxygen atoms in total. The maximum Gasteiger partial charge on any atom is 0.309 e. The Kier molecular flexibility index (Phi) is 5.57. The molecule has 0 bridgehead atoms. The van der Waals surface area contributed by atoms with E-state index >= 15 is 0 Å². The van der Waals surface area contributed by atoms with Gasteiger partial charge in [0.25, 0.3) is 0 Å². The second-order valence-electron chi connectivity index (χ2n) is 14.9. The van der Waals surface area contributed by atoms with Crippen molar-refractivity contribution in [2.24, 2.45) is 62.6 Å². The summed E-state index contributed by atoms with van der Waals surface area (Å²) in [5.41, 5.74) is 2.20. The lowest BCUT2D eigenvalue weighted by Crippen LogP contribution is -2.66. The molecule has 0 aromatic heterocycles. The topological polar surface area (TPSA) is 37.3 Å². The Morgan fingerprint density at radius 1 is 0.882 bits per heavy atom. The van der Waals surface area contributed by atoms with Crippen molar-refractivity contribution >= 4 is 5.97 Å². The van der Waals surface area contributed by atoms with Gasteiger partial charge in [-0.05, 0) is 128 Å². The molecule has 1 N–H and O–H groups in total. The summed E-state index contributed by atoms with van der Waals surface area (Å²) >= 11 is 0. The van der Waals surface area contributed by atoms with Crippen molar-refractivity contribution in [3.8, 4) is 0 Å². The van der Waals surface area contributed by atoms with Gasteiger partial charge in [-0.3, -0.25) is 4.79 Å². The minimum absolute atomic E-state index is 0.247. The van der Waals surface area contributed by atoms with Crippen molar-refractivity contribution in [2.75, 3.05) is 0 Å². The predicted molar refractivity (Wildman–Crippen MR) is 140 cm³/mol. The van der Waals surface area contributed by atoms with E-state index < -0.39 is 11.4 Å². The first-order valence-electron chi connectivity index (χ1n) is 14.7. The number of carboxylic acids is 1. The highest BCUT2D eigenvalue weighted by Gasteiger charge is 2.72. The summed E-state index contributed by atoms with van der Waals surface area (Å²) < 4.78 is 0. The van der Waals surface area contributed by atoms with E-state index in [1.807, 2.05) is 0 Å². The average molecular weight is 469 g/mol. The van der Waals surface area contributed by atoms with Crippen molar-refractivity contribution in [2.45, 2.75) is 119 Å². The molecule has 34 heavy (non-hydrogen) atoms.